The molecule has 1 saturated heterocycles. The zero-order valence-electron chi connectivity index (χ0n) is 17.9. The van der Waals surface area contributed by atoms with E-state index in [2.05, 4.69) is 47.8 Å². The van der Waals surface area contributed by atoms with E-state index < -0.39 is 0 Å². The third kappa shape index (κ3) is 5.76. The average molecular weight is 397 g/mol. The Hall–Kier alpha value is -2.47. The van der Waals surface area contributed by atoms with Crippen molar-refractivity contribution in [2.75, 3.05) is 25.4 Å². The van der Waals surface area contributed by atoms with E-state index in [0.29, 0.717) is 17.5 Å². The van der Waals surface area contributed by atoms with Crippen molar-refractivity contribution in [1.29, 1.82) is 0 Å². The van der Waals surface area contributed by atoms with Crippen molar-refractivity contribution >= 4 is 11.5 Å². The maximum Gasteiger partial charge on any atom is 0.237 e. The highest BCUT2D eigenvalue weighted by molar-refractivity contribution is 5.77. The normalized spacial score (nSPS) is 18.4. The maximum atomic E-state index is 11.2. The Kier molecular flexibility index (Phi) is 6.85. The fourth-order valence-corrected chi connectivity index (χ4v) is 4.16. The smallest absolute Gasteiger partial charge is 0.237 e. The maximum absolute atomic E-state index is 11.2. The Morgan fingerprint density at radius 3 is 2.69 bits per heavy atom. The van der Waals surface area contributed by atoms with Crippen molar-refractivity contribution in [3.05, 3.63) is 46.9 Å². The number of ether oxygens (including phenoxy) is 1. The first kappa shape index (κ1) is 21.2. The van der Waals surface area contributed by atoms with Gasteiger partial charge in [0.2, 0.25) is 5.88 Å². The summed E-state index contributed by atoms with van der Waals surface area (Å²) in [5, 5.41) is 0. The van der Waals surface area contributed by atoms with Crippen molar-refractivity contribution in [3.8, 4) is 5.88 Å². The molecule has 0 amide bonds. The van der Waals surface area contributed by atoms with E-state index in [0.717, 1.165) is 36.6 Å². The summed E-state index contributed by atoms with van der Waals surface area (Å²) >= 11 is 0. The summed E-state index contributed by atoms with van der Waals surface area (Å²) in [5.74, 6) is 0.917. The van der Waals surface area contributed by atoms with Gasteiger partial charge in [-0.05, 0) is 89.2 Å². The van der Waals surface area contributed by atoms with Crippen molar-refractivity contribution < 1.29 is 9.53 Å². The number of hydrogen-bond acceptors (Lipinski definition) is 6. The van der Waals surface area contributed by atoms with Gasteiger partial charge in [-0.25, -0.2) is 4.98 Å². The quantitative estimate of drug-likeness (QED) is 0.769. The number of pyridine rings is 2. The van der Waals surface area contributed by atoms with Gasteiger partial charge in [-0.1, -0.05) is 0 Å². The van der Waals surface area contributed by atoms with Crippen LogP contribution in [0.1, 0.15) is 55.4 Å². The Balaban J connectivity index is 1.68. The molecule has 0 spiro atoms. The summed E-state index contributed by atoms with van der Waals surface area (Å²) in [6, 6.07) is 8.35. The first-order valence-corrected chi connectivity index (χ1v) is 10.4. The molecule has 0 bridgehead atoms. The van der Waals surface area contributed by atoms with Crippen molar-refractivity contribution in [2.24, 2.45) is 5.92 Å². The molecule has 0 aromatic carbocycles. The molecule has 156 valence electrons. The Labute approximate surface area is 173 Å². The second-order valence-corrected chi connectivity index (χ2v) is 8.26. The lowest BCUT2D eigenvalue weighted by molar-refractivity contribution is -0.118. The highest BCUT2D eigenvalue weighted by Crippen LogP contribution is 2.30. The zero-order chi connectivity index (χ0) is 21.0. The summed E-state index contributed by atoms with van der Waals surface area (Å²) < 4.78 is 5.49. The minimum Gasteiger partial charge on any atom is -0.468 e. The van der Waals surface area contributed by atoms with Crippen LogP contribution in [0.4, 0.5) is 5.69 Å². The van der Waals surface area contributed by atoms with Crippen LogP contribution in [0.5, 0.6) is 5.88 Å². The third-order valence-electron chi connectivity index (χ3n) is 5.52. The molecule has 1 fully saturated rings. The number of hydrogen-bond donors (Lipinski definition) is 1. The fraction of sp³-hybridized carbons (Fsp3) is 0.522. The number of piperidine rings is 1. The van der Waals surface area contributed by atoms with Gasteiger partial charge in [0.25, 0.3) is 0 Å². The van der Waals surface area contributed by atoms with Crippen molar-refractivity contribution in [1.82, 2.24) is 14.9 Å². The van der Waals surface area contributed by atoms with Crippen LogP contribution < -0.4 is 10.5 Å². The highest BCUT2D eigenvalue weighted by Gasteiger charge is 2.26. The molecule has 1 aliphatic heterocycles. The largest absolute Gasteiger partial charge is 0.468 e. The topological polar surface area (TPSA) is 81.3 Å². The van der Waals surface area contributed by atoms with E-state index in [1.165, 1.54) is 25.3 Å². The lowest BCUT2D eigenvalue weighted by Crippen LogP contribution is -2.38. The van der Waals surface area contributed by atoms with Crippen LogP contribution in [-0.4, -0.2) is 40.3 Å². The van der Waals surface area contributed by atoms with Crippen LogP contribution in [0.25, 0.3) is 0 Å². The van der Waals surface area contributed by atoms with E-state index in [-0.39, 0.29) is 18.4 Å². The molecule has 0 unspecified atom stereocenters. The molecule has 0 aliphatic carbocycles. The van der Waals surface area contributed by atoms with Crippen LogP contribution in [0.3, 0.4) is 0 Å². The lowest BCUT2D eigenvalue weighted by Gasteiger charge is -2.36. The SMILES string of the molecule is CC(=O)COc1nc([C@@H](C)N2CCC[C@H](Cc3cc(C)nc(C)c3)C2)ccc1N. The summed E-state index contributed by atoms with van der Waals surface area (Å²) in [6.07, 6.45) is 3.50. The van der Waals surface area contributed by atoms with Gasteiger partial charge < -0.3 is 10.5 Å². The number of aromatic nitrogens is 2. The number of Topliss-reactive ketones (excluding diaryl/α,β-unsaturated/α-hetero) is 1. The van der Waals surface area contributed by atoms with Gasteiger partial charge in [0.1, 0.15) is 6.61 Å². The van der Waals surface area contributed by atoms with Crippen molar-refractivity contribution in [2.45, 2.75) is 53.0 Å². The van der Waals surface area contributed by atoms with E-state index >= 15 is 0 Å². The second-order valence-electron chi connectivity index (χ2n) is 8.26. The molecule has 3 heterocycles. The summed E-state index contributed by atoms with van der Waals surface area (Å²) in [7, 11) is 0. The van der Waals surface area contributed by atoms with Crippen LogP contribution in [-0.2, 0) is 11.2 Å². The molecule has 6 nitrogen and oxygen atoms in total. The number of nitrogens with zero attached hydrogens (tertiary/aromatic N) is 3. The van der Waals surface area contributed by atoms with Gasteiger partial charge in [-0.3, -0.25) is 14.7 Å². The van der Waals surface area contributed by atoms with Crippen LogP contribution >= 0.6 is 0 Å². The summed E-state index contributed by atoms with van der Waals surface area (Å²) in [4.78, 5) is 22.8. The molecule has 0 radical (unpaired) electrons. The number of ketones is 1. The minimum absolute atomic E-state index is 0.00834. The molecule has 2 aromatic heterocycles. The molecular weight excluding hydrogens is 364 g/mol. The summed E-state index contributed by atoms with van der Waals surface area (Å²) in [5.41, 5.74) is 10.9. The Morgan fingerprint density at radius 2 is 2.00 bits per heavy atom. The predicted octanol–water partition coefficient (Wildman–Crippen LogP) is 3.66. The first-order chi connectivity index (χ1) is 13.8. The molecule has 6 heteroatoms. The zero-order valence-corrected chi connectivity index (χ0v) is 17.9. The standard InChI is InChI=1S/C23H32N4O2/c1-15-10-20(11-16(2)25-15)12-19-6-5-9-27(13-19)18(4)22-8-7-21(24)23(26-22)29-14-17(3)28/h7-8,10-11,18-19H,5-6,9,12-14,24H2,1-4H3/t18-,19-/m1/s1. The third-order valence-corrected chi connectivity index (χ3v) is 5.52. The van der Waals surface area contributed by atoms with Crippen molar-refractivity contribution in [3.63, 3.8) is 0 Å². The molecule has 0 saturated carbocycles. The average Bonchev–Trinajstić information content (AvgIpc) is 2.66. The van der Waals surface area contributed by atoms with Gasteiger partial charge in [-0.2, -0.15) is 0 Å². The number of carbonyl (C=O) groups is 1. The van der Waals surface area contributed by atoms with Crippen LogP contribution in [0.2, 0.25) is 0 Å². The first-order valence-electron chi connectivity index (χ1n) is 10.4. The van der Waals surface area contributed by atoms with E-state index in [1.807, 2.05) is 12.1 Å². The molecule has 29 heavy (non-hydrogen) atoms. The van der Waals surface area contributed by atoms with E-state index in [9.17, 15) is 4.79 Å². The Bertz CT molecular complexity index is 848. The van der Waals surface area contributed by atoms with Gasteiger partial charge >= 0.3 is 0 Å². The van der Waals surface area contributed by atoms with Gasteiger partial charge in [0.05, 0.1) is 11.4 Å². The van der Waals surface area contributed by atoms with Gasteiger partial charge in [-0.15, -0.1) is 0 Å². The number of rotatable bonds is 7. The molecular formula is C23H32N4O2. The molecule has 2 aromatic rings. The number of likely N-dealkylation sites (tertiary alicyclic amines) is 1. The number of nitrogens with two attached hydrogens (primary N) is 1. The van der Waals surface area contributed by atoms with Crippen LogP contribution in [0.15, 0.2) is 24.3 Å². The molecule has 1 aliphatic rings. The monoisotopic (exact) mass is 396 g/mol. The number of anilines is 1. The fourth-order valence-electron chi connectivity index (χ4n) is 4.16. The second kappa shape index (κ2) is 9.35. The Morgan fingerprint density at radius 1 is 1.28 bits per heavy atom. The van der Waals surface area contributed by atoms with E-state index in [1.54, 1.807) is 0 Å². The van der Waals surface area contributed by atoms with E-state index in [4.69, 9.17) is 10.5 Å². The number of carbonyl (C=O) groups excluding carboxylic acids is 1. The number of nitrogen functional groups attached to an aromatic ring is 1. The molecule has 2 N–H and O–H groups in total. The molecule has 3 rings (SSSR count). The summed E-state index contributed by atoms with van der Waals surface area (Å²) in [6.45, 7) is 9.87. The minimum atomic E-state index is -0.0508. The van der Waals surface area contributed by atoms with Gasteiger partial charge in [0.15, 0.2) is 5.78 Å². The number of aryl methyl sites for hydroxylation is 2. The highest BCUT2D eigenvalue weighted by atomic mass is 16.5. The lowest BCUT2D eigenvalue weighted by atomic mass is 9.90. The predicted molar refractivity (Wildman–Crippen MR) is 115 cm³/mol. The van der Waals surface area contributed by atoms with Gasteiger partial charge in [0, 0.05) is 24.0 Å². The van der Waals surface area contributed by atoms with Crippen LogP contribution in [0, 0.1) is 19.8 Å². The molecule has 2 atom stereocenters.